The lowest BCUT2D eigenvalue weighted by Gasteiger charge is -2.02. The molecule has 0 radical (unpaired) electrons. The molecule has 0 fully saturated rings. The Kier molecular flexibility index (Phi) is 5.40. The number of hydrogen-bond acceptors (Lipinski definition) is 3. The minimum Gasteiger partial charge on any atom is -0.445 e. The van der Waals surface area contributed by atoms with Crippen molar-refractivity contribution in [3.05, 3.63) is 17.8 Å². The van der Waals surface area contributed by atoms with Crippen LogP contribution < -0.4 is 5.32 Å². The summed E-state index contributed by atoms with van der Waals surface area (Å²) in [7, 11) is 0. The first-order chi connectivity index (χ1) is 7.27. The molecule has 3 nitrogen and oxygen atoms in total. The van der Waals surface area contributed by atoms with Crippen LogP contribution in [-0.4, -0.2) is 18.1 Å². The Balaban J connectivity index is 2.33. The molecule has 0 saturated heterocycles. The van der Waals surface area contributed by atoms with Gasteiger partial charge in [0, 0.05) is 12.3 Å². The molecule has 0 amide bonds. The highest BCUT2D eigenvalue weighted by Crippen LogP contribution is 2.19. The van der Waals surface area contributed by atoms with Gasteiger partial charge in [-0.15, -0.1) is 0 Å². The zero-order chi connectivity index (χ0) is 11.1. The van der Waals surface area contributed by atoms with Crippen molar-refractivity contribution in [2.45, 2.75) is 46.0 Å². The average Bonchev–Trinajstić information content (AvgIpc) is 2.72. The molecule has 1 aromatic heterocycles. The van der Waals surface area contributed by atoms with E-state index in [0.29, 0.717) is 5.92 Å². The van der Waals surface area contributed by atoms with Gasteiger partial charge in [-0.1, -0.05) is 20.8 Å². The summed E-state index contributed by atoms with van der Waals surface area (Å²) in [6.45, 7) is 8.52. The van der Waals surface area contributed by atoms with Gasteiger partial charge in [-0.25, -0.2) is 4.98 Å². The van der Waals surface area contributed by atoms with Crippen molar-refractivity contribution in [1.29, 1.82) is 0 Å². The lowest BCUT2D eigenvalue weighted by atomic mass is 10.1. The van der Waals surface area contributed by atoms with Crippen molar-refractivity contribution in [3.8, 4) is 0 Å². The summed E-state index contributed by atoms with van der Waals surface area (Å²) in [5.74, 6) is 2.39. The number of rotatable bonds is 7. The fourth-order valence-corrected chi connectivity index (χ4v) is 1.41. The molecule has 1 heterocycles. The Morgan fingerprint density at radius 1 is 1.47 bits per heavy atom. The monoisotopic (exact) mass is 210 g/mol. The molecule has 1 unspecified atom stereocenters. The van der Waals surface area contributed by atoms with E-state index in [-0.39, 0.29) is 0 Å². The second-order valence-electron chi connectivity index (χ2n) is 3.92. The number of aromatic nitrogens is 1. The summed E-state index contributed by atoms with van der Waals surface area (Å²) in [4.78, 5) is 4.29. The van der Waals surface area contributed by atoms with E-state index in [0.717, 1.165) is 44.0 Å². The summed E-state index contributed by atoms with van der Waals surface area (Å²) in [5, 5.41) is 3.29. The van der Waals surface area contributed by atoms with Crippen molar-refractivity contribution in [3.63, 3.8) is 0 Å². The fourth-order valence-electron chi connectivity index (χ4n) is 1.41. The van der Waals surface area contributed by atoms with Gasteiger partial charge in [0.05, 0.1) is 6.20 Å². The summed E-state index contributed by atoms with van der Waals surface area (Å²) in [5.41, 5.74) is 0. The molecular weight excluding hydrogens is 188 g/mol. The standard InChI is InChI=1S/C12H22N2O/c1-4-10(3)11-9-14-12(15-11)7-6-8-13-5-2/h9-10,13H,4-8H2,1-3H3. The van der Waals surface area contributed by atoms with E-state index in [1.165, 1.54) is 0 Å². The number of nitrogens with zero attached hydrogens (tertiary/aromatic N) is 1. The van der Waals surface area contributed by atoms with Crippen molar-refractivity contribution < 1.29 is 4.42 Å². The third-order valence-electron chi connectivity index (χ3n) is 2.66. The lowest BCUT2D eigenvalue weighted by molar-refractivity contribution is 0.422. The summed E-state index contributed by atoms with van der Waals surface area (Å²) < 4.78 is 5.68. The molecule has 1 aromatic rings. The first kappa shape index (κ1) is 12.2. The maximum absolute atomic E-state index is 5.68. The van der Waals surface area contributed by atoms with Crippen LogP contribution in [0.2, 0.25) is 0 Å². The van der Waals surface area contributed by atoms with E-state index in [1.54, 1.807) is 0 Å². The Morgan fingerprint density at radius 2 is 2.27 bits per heavy atom. The molecule has 1 rings (SSSR count). The molecule has 0 saturated carbocycles. The smallest absolute Gasteiger partial charge is 0.194 e. The highest BCUT2D eigenvalue weighted by atomic mass is 16.4. The van der Waals surface area contributed by atoms with Crippen molar-refractivity contribution in [2.75, 3.05) is 13.1 Å². The molecule has 1 N–H and O–H groups in total. The maximum Gasteiger partial charge on any atom is 0.194 e. The highest BCUT2D eigenvalue weighted by molar-refractivity contribution is 5.00. The zero-order valence-corrected chi connectivity index (χ0v) is 10.0. The van der Waals surface area contributed by atoms with Gasteiger partial charge in [0.2, 0.25) is 0 Å². The molecule has 0 aliphatic rings. The quantitative estimate of drug-likeness (QED) is 0.703. The minimum absolute atomic E-state index is 0.486. The van der Waals surface area contributed by atoms with E-state index in [4.69, 9.17) is 4.42 Å². The van der Waals surface area contributed by atoms with Gasteiger partial charge < -0.3 is 9.73 Å². The molecule has 0 aromatic carbocycles. The van der Waals surface area contributed by atoms with Gasteiger partial charge in [0.15, 0.2) is 5.89 Å². The predicted molar refractivity (Wildman–Crippen MR) is 62.1 cm³/mol. The van der Waals surface area contributed by atoms with Gasteiger partial charge in [-0.2, -0.15) is 0 Å². The van der Waals surface area contributed by atoms with Crippen molar-refractivity contribution in [1.82, 2.24) is 10.3 Å². The number of oxazole rings is 1. The Bertz CT molecular complexity index is 270. The van der Waals surface area contributed by atoms with Crippen LogP contribution in [0, 0.1) is 0 Å². The van der Waals surface area contributed by atoms with Crippen LogP contribution in [0.1, 0.15) is 51.2 Å². The molecule has 0 aliphatic heterocycles. The largest absolute Gasteiger partial charge is 0.445 e. The van der Waals surface area contributed by atoms with Crippen LogP contribution in [0.15, 0.2) is 10.6 Å². The van der Waals surface area contributed by atoms with Crippen molar-refractivity contribution >= 4 is 0 Å². The second kappa shape index (κ2) is 6.62. The van der Waals surface area contributed by atoms with Gasteiger partial charge in [-0.05, 0) is 25.9 Å². The van der Waals surface area contributed by atoms with Gasteiger partial charge in [0.25, 0.3) is 0 Å². The van der Waals surface area contributed by atoms with Crippen LogP contribution >= 0.6 is 0 Å². The fraction of sp³-hybridized carbons (Fsp3) is 0.750. The molecule has 86 valence electrons. The lowest BCUT2D eigenvalue weighted by Crippen LogP contribution is -2.14. The third kappa shape index (κ3) is 4.04. The molecule has 15 heavy (non-hydrogen) atoms. The molecule has 3 heteroatoms. The summed E-state index contributed by atoms with van der Waals surface area (Å²) in [6.07, 6.45) is 5.00. The zero-order valence-electron chi connectivity index (χ0n) is 10.0. The Morgan fingerprint density at radius 3 is 2.93 bits per heavy atom. The van der Waals surface area contributed by atoms with Gasteiger partial charge in [-0.3, -0.25) is 0 Å². The predicted octanol–water partition coefficient (Wildman–Crippen LogP) is 2.73. The number of hydrogen-bond donors (Lipinski definition) is 1. The summed E-state index contributed by atoms with van der Waals surface area (Å²) in [6, 6.07) is 0. The third-order valence-corrected chi connectivity index (χ3v) is 2.66. The van der Waals surface area contributed by atoms with Crippen LogP contribution in [0.5, 0.6) is 0 Å². The molecule has 0 aliphatic carbocycles. The molecule has 0 bridgehead atoms. The van der Waals surface area contributed by atoms with Crippen LogP contribution in [-0.2, 0) is 6.42 Å². The normalized spacial score (nSPS) is 13.0. The van der Waals surface area contributed by atoms with E-state index < -0.39 is 0 Å². The van der Waals surface area contributed by atoms with Gasteiger partial charge in [0.1, 0.15) is 5.76 Å². The van der Waals surface area contributed by atoms with Crippen LogP contribution in [0.25, 0.3) is 0 Å². The molecule has 1 atom stereocenters. The topological polar surface area (TPSA) is 38.1 Å². The van der Waals surface area contributed by atoms with Gasteiger partial charge >= 0.3 is 0 Å². The maximum atomic E-state index is 5.68. The van der Waals surface area contributed by atoms with E-state index in [9.17, 15) is 0 Å². The van der Waals surface area contributed by atoms with E-state index in [1.807, 2.05) is 6.20 Å². The SMILES string of the molecule is CCNCCCc1ncc(C(C)CC)o1. The molecular formula is C12H22N2O. The van der Waals surface area contributed by atoms with E-state index in [2.05, 4.69) is 31.1 Å². The van der Waals surface area contributed by atoms with Crippen LogP contribution in [0.4, 0.5) is 0 Å². The average molecular weight is 210 g/mol. The van der Waals surface area contributed by atoms with Crippen molar-refractivity contribution in [2.24, 2.45) is 0 Å². The first-order valence-corrected chi connectivity index (χ1v) is 5.93. The highest BCUT2D eigenvalue weighted by Gasteiger charge is 2.09. The minimum atomic E-state index is 0.486. The number of aryl methyl sites for hydroxylation is 1. The number of nitrogens with one attached hydrogen (secondary N) is 1. The summed E-state index contributed by atoms with van der Waals surface area (Å²) >= 11 is 0. The van der Waals surface area contributed by atoms with Crippen LogP contribution in [0.3, 0.4) is 0 Å². The second-order valence-corrected chi connectivity index (χ2v) is 3.92. The Labute approximate surface area is 92.3 Å². The first-order valence-electron chi connectivity index (χ1n) is 5.93. The Hall–Kier alpha value is -0.830. The molecule has 0 spiro atoms. The van der Waals surface area contributed by atoms with E-state index >= 15 is 0 Å².